The average molecular weight is 371 g/mol. The van der Waals surface area contributed by atoms with Gasteiger partial charge in [0.05, 0.1) is 18.8 Å². The molecular formula is C20H26FN5O. The number of para-hydroxylation sites is 1. The van der Waals surface area contributed by atoms with Crippen LogP contribution in [0.25, 0.3) is 0 Å². The molecule has 0 bridgehead atoms. The molecule has 0 aliphatic carbocycles. The van der Waals surface area contributed by atoms with Gasteiger partial charge in [-0.1, -0.05) is 12.1 Å². The highest BCUT2D eigenvalue weighted by molar-refractivity contribution is 5.78. The monoisotopic (exact) mass is 371 g/mol. The normalized spacial score (nSPS) is 21.0. The van der Waals surface area contributed by atoms with E-state index >= 15 is 0 Å². The molecule has 7 heteroatoms. The highest BCUT2D eigenvalue weighted by atomic mass is 19.1. The van der Waals surface area contributed by atoms with Gasteiger partial charge in [0.25, 0.3) is 0 Å². The highest BCUT2D eigenvalue weighted by Gasteiger charge is 2.29. The van der Waals surface area contributed by atoms with E-state index in [0.29, 0.717) is 44.5 Å². The Morgan fingerprint density at radius 2 is 1.93 bits per heavy atom. The van der Waals surface area contributed by atoms with Gasteiger partial charge in [-0.2, -0.15) is 5.10 Å². The number of amides is 1. The number of piperazine rings is 1. The van der Waals surface area contributed by atoms with Gasteiger partial charge in [-0.3, -0.25) is 14.4 Å². The van der Waals surface area contributed by atoms with Crippen molar-refractivity contribution in [3.63, 3.8) is 0 Å². The smallest absolute Gasteiger partial charge is 0.236 e. The van der Waals surface area contributed by atoms with E-state index in [4.69, 9.17) is 0 Å². The Kier molecular flexibility index (Phi) is 5.38. The molecule has 144 valence electrons. The number of nitrogens with zero attached hydrogens (tertiary/aromatic N) is 5. The summed E-state index contributed by atoms with van der Waals surface area (Å²) in [4.78, 5) is 19.0. The van der Waals surface area contributed by atoms with Crippen molar-refractivity contribution in [1.29, 1.82) is 0 Å². The molecule has 3 heterocycles. The van der Waals surface area contributed by atoms with Crippen LogP contribution in [-0.4, -0.2) is 70.8 Å². The van der Waals surface area contributed by atoms with E-state index < -0.39 is 0 Å². The van der Waals surface area contributed by atoms with Crippen LogP contribution in [0.1, 0.15) is 12.8 Å². The summed E-state index contributed by atoms with van der Waals surface area (Å²) in [5.41, 5.74) is 0.628. The number of anilines is 1. The maximum Gasteiger partial charge on any atom is 0.236 e. The van der Waals surface area contributed by atoms with E-state index in [9.17, 15) is 9.18 Å². The van der Waals surface area contributed by atoms with Gasteiger partial charge in [0.2, 0.25) is 5.91 Å². The van der Waals surface area contributed by atoms with E-state index in [2.05, 4.69) is 10.00 Å². The maximum atomic E-state index is 14.0. The molecule has 6 nitrogen and oxygen atoms in total. The zero-order chi connectivity index (χ0) is 18.6. The minimum atomic E-state index is -0.198. The predicted molar refractivity (Wildman–Crippen MR) is 102 cm³/mol. The number of hydrogen-bond donors (Lipinski definition) is 0. The lowest BCUT2D eigenvalue weighted by molar-refractivity contribution is -0.133. The highest BCUT2D eigenvalue weighted by Crippen LogP contribution is 2.21. The fraction of sp³-hybridized carbons (Fsp3) is 0.500. The number of aromatic nitrogens is 2. The van der Waals surface area contributed by atoms with Crippen molar-refractivity contribution in [2.45, 2.75) is 25.4 Å². The molecule has 2 fully saturated rings. The van der Waals surface area contributed by atoms with Crippen molar-refractivity contribution < 1.29 is 9.18 Å². The van der Waals surface area contributed by atoms with Crippen LogP contribution >= 0.6 is 0 Å². The Balaban J connectivity index is 1.30. The zero-order valence-electron chi connectivity index (χ0n) is 15.5. The van der Waals surface area contributed by atoms with Crippen molar-refractivity contribution in [1.82, 2.24) is 19.6 Å². The molecule has 2 aliphatic heterocycles. The third kappa shape index (κ3) is 4.13. The van der Waals surface area contributed by atoms with Crippen LogP contribution in [0.5, 0.6) is 0 Å². The van der Waals surface area contributed by atoms with Gasteiger partial charge < -0.3 is 9.80 Å². The van der Waals surface area contributed by atoms with E-state index in [0.717, 1.165) is 25.9 Å². The number of carbonyl (C=O) groups excluding carboxylic acids is 1. The quantitative estimate of drug-likeness (QED) is 0.805. The summed E-state index contributed by atoms with van der Waals surface area (Å²) in [6.07, 6.45) is 5.99. The number of benzene rings is 1. The second-order valence-corrected chi connectivity index (χ2v) is 7.31. The lowest BCUT2D eigenvalue weighted by Crippen LogP contribution is -2.52. The molecule has 27 heavy (non-hydrogen) atoms. The van der Waals surface area contributed by atoms with E-state index in [1.807, 2.05) is 32.8 Å². The molecule has 2 aromatic rings. The fourth-order valence-electron chi connectivity index (χ4n) is 4.11. The molecule has 1 unspecified atom stereocenters. The summed E-state index contributed by atoms with van der Waals surface area (Å²) in [6.45, 7) is 4.89. The minimum Gasteiger partial charge on any atom is -0.366 e. The summed E-state index contributed by atoms with van der Waals surface area (Å²) in [6, 6.07) is 9.14. The van der Waals surface area contributed by atoms with Crippen molar-refractivity contribution in [2.75, 3.05) is 44.2 Å². The van der Waals surface area contributed by atoms with Gasteiger partial charge in [-0.25, -0.2) is 4.39 Å². The molecule has 1 atom stereocenters. The van der Waals surface area contributed by atoms with Gasteiger partial charge in [0, 0.05) is 44.6 Å². The standard InChI is InChI=1S/C20H26FN5O/c21-18-6-1-2-7-19(18)23-11-13-24(14-12-23)20(27)16-25-9-3-5-17(25)15-26-10-4-8-22-26/h1-2,4,6-8,10,17H,3,5,9,11-16H2. The van der Waals surface area contributed by atoms with E-state index in [1.54, 1.807) is 18.3 Å². The van der Waals surface area contributed by atoms with E-state index in [-0.39, 0.29) is 11.7 Å². The lowest BCUT2D eigenvalue weighted by atomic mass is 10.2. The Morgan fingerprint density at radius 3 is 2.67 bits per heavy atom. The van der Waals surface area contributed by atoms with Crippen LogP contribution < -0.4 is 4.90 Å². The molecule has 2 aliphatic rings. The molecule has 0 saturated carbocycles. The molecule has 4 rings (SSSR count). The number of hydrogen-bond acceptors (Lipinski definition) is 4. The molecule has 0 N–H and O–H groups in total. The first-order chi connectivity index (χ1) is 13.2. The predicted octanol–water partition coefficient (Wildman–Crippen LogP) is 1.84. The number of halogens is 1. The summed E-state index contributed by atoms with van der Waals surface area (Å²) >= 11 is 0. The van der Waals surface area contributed by atoms with Crippen molar-refractivity contribution in [3.8, 4) is 0 Å². The summed E-state index contributed by atoms with van der Waals surface area (Å²) < 4.78 is 15.9. The second-order valence-electron chi connectivity index (χ2n) is 7.31. The van der Waals surface area contributed by atoms with Crippen LogP contribution in [0.3, 0.4) is 0 Å². The molecule has 2 saturated heterocycles. The van der Waals surface area contributed by atoms with E-state index in [1.165, 1.54) is 6.07 Å². The van der Waals surface area contributed by atoms with Crippen LogP contribution in [0, 0.1) is 5.82 Å². The third-order valence-corrected chi connectivity index (χ3v) is 5.62. The van der Waals surface area contributed by atoms with Gasteiger partial charge >= 0.3 is 0 Å². The third-order valence-electron chi connectivity index (χ3n) is 5.62. The van der Waals surface area contributed by atoms with Gasteiger partial charge in [-0.15, -0.1) is 0 Å². The van der Waals surface area contributed by atoms with Gasteiger partial charge in [0.1, 0.15) is 5.82 Å². The van der Waals surface area contributed by atoms with Crippen LogP contribution in [0.15, 0.2) is 42.7 Å². The van der Waals surface area contributed by atoms with Crippen LogP contribution in [0.2, 0.25) is 0 Å². The summed E-state index contributed by atoms with van der Waals surface area (Å²) in [5, 5.41) is 4.29. The fourth-order valence-corrected chi connectivity index (χ4v) is 4.11. The van der Waals surface area contributed by atoms with Gasteiger partial charge in [0.15, 0.2) is 0 Å². The summed E-state index contributed by atoms with van der Waals surface area (Å²) in [5.74, 6) is -0.0219. The minimum absolute atomic E-state index is 0.176. The molecule has 0 spiro atoms. The topological polar surface area (TPSA) is 44.6 Å². The van der Waals surface area contributed by atoms with Crippen LogP contribution in [0.4, 0.5) is 10.1 Å². The first-order valence-electron chi connectivity index (χ1n) is 9.69. The van der Waals surface area contributed by atoms with Crippen molar-refractivity contribution in [2.24, 2.45) is 0 Å². The maximum absolute atomic E-state index is 14.0. The Hall–Kier alpha value is -2.41. The largest absolute Gasteiger partial charge is 0.366 e. The Bertz CT molecular complexity index is 757. The Morgan fingerprint density at radius 1 is 1.11 bits per heavy atom. The SMILES string of the molecule is O=C(CN1CCCC1Cn1cccn1)N1CCN(c2ccccc2F)CC1. The molecular weight excluding hydrogens is 345 g/mol. The van der Waals surface area contributed by atoms with Gasteiger partial charge in [-0.05, 0) is 37.6 Å². The molecule has 1 aromatic carbocycles. The first kappa shape index (κ1) is 18.0. The summed E-state index contributed by atoms with van der Waals surface area (Å²) in [7, 11) is 0. The number of likely N-dealkylation sites (tertiary alicyclic amines) is 1. The average Bonchev–Trinajstić information content (AvgIpc) is 3.35. The number of rotatable bonds is 5. The van der Waals surface area contributed by atoms with Crippen molar-refractivity contribution >= 4 is 11.6 Å². The molecule has 1 amide bonds. The molecule has 1 aromatic heterocycles. The second kappa shape index (κ2) is 8.08. The molecule has 0 radical (unpaired) electrons. The number of carbonyl (C=O) groups is 1. The lowest BCUT2D eigenvalue weighted by Gasteiger charge is -2.37. The zero-order valence-corrected chi connectivity index (χ0v) is 15.5. The van der Waals surface area contributed by atoms with Crippen molar-refractivity contribution in [3.05, 3.63) is 48.5 Å². The first-order valence-corrected chi connectivity index (χ1v) is 9.69. The Labute approximate surface area is 159 Å². The van der Waals surface area contributed by atoms with Crippen LogP contribution in [-0.2, 0) is 11.3 Å².